The first-order valence-electron chi connectivity index (χ1n) is 10.7. The molecule has 1 saturated carbocycles. The van der Waals surface area contributed by atoms with Crippen molar-refractivity contribution in [2.24, 2.45) is 5.92 Å². The second-order valence-corrected chi connectivity index (χ2v) is 10.3. The van der Waals surface area contributed by atoms with E-state index in [9.17, 15) is 18.5 Å². The Morgan fingerprint density at radius 2 is 1.84 bits per heavy atom. The van der Waals surface area contributed by atoms with Crippen LogP contribution in [0.15, 0.2) is 35.7 Å². The first-order chi connectivity index (χ1) is 14.8. The molecule has 1 N–H and O–H groups in total. The smallest absolute Gasteiger partial charge is 0.293 e. The Kier molecular flexibility index (Phi) is 6.24. The molecule has 0 radical (unpaired) electrons. The van der Waals surface area contributed by atoms with Crippen molar-refractivity contribution in [2.75, 3.05) is 18.0 Å². The zero-order chi connectivity index (χ0) is 22.0. The molecule has 1 aromatic heterocycles. The molecule has 31 heavy (non-hydrogen) atoms. The average Bonchev–Trinajstić information content (AvgIpc) is 3.30. The van der Waals surface area contributed by atoms with Gasteiger partial charge in [-0.1, -0.05) is 6.92 Å². The van der Waals surface area contributed by atoms with E-state index in [1.54, 1.807) is 12.4 Å². The fraction of sp³-hybridized carbons (Fsp3) is 0.600. The number of aromatic nitrogens is 3. The number of rotatable bonds is 6. The van der Waals surface area contributed by atoms with Crippen molar-refractivity contribution >= 4 is 21.4 Å². The van der Waals surface area contributed by atoms with Gasteiger partial charge in [-0.3, -0.25) is 10.1 Å². The summed E-state index contributed by atoms with van der Waals surface area (Å²) in [6.07, 6.45) is 8.29. The Hall–Kier alpha value is -2.53. The van der Waals surface area contributed by atoms with E-state index in [-0.39, 0.29) is 22.7 Å². The molecule has 2 fully saturated rings. The lowest BCUT2D eigenvalue weighted by molar-refractivity contribution is -0.384. The molecule has 0 atom stereocenters. The third-order valence-corrected chi connectivity index (χ3v) is 7.93. The molecule has 2 aliphatic rings. The van der Waals surface area contributed by atoms with Crippen molar-refractivity contribution in [1.82, 2.24) is 19.5 Å². The largest absolute Gasteiger partial charge is 0.366 e. The number of nitro benzene ring substituents is 1. The highest BCUT2D eigenvalue weighted by atomic mass is 32.2. The molecule has 1 saturated heterocycles. The van der Waals surface area contributed by atoms with Crippen LogP contribution in [-0.4, -0.2) is 47.2 Å². The van der Waals surface area contributed by atoms with Gasteiger partial charge < -0.3 is 4.90 Å². The number of piperidine rings is 1. The summed E-state index contributed by atoms with van der Waals surface area (Å²) >= 11 is 0. The van der Waals surface area contributed by atoms with Crippen molar-refractivity contribution in [3.63, 3.8) is 0 Å². The Morgan fingerprint density at radius 3 is 2.45 bits per heavy atom. The van der Waals surface area contributed by atoms with E-state index < -0.39 is 14.9 Å². The molecule has 0 bridgehead atoms. The number of benzene rings is 1. The van der Waals surface area contributed by atoms with Gasteiger partial charge in [-0.05, 0) is 56.6 Å². The molecule has 1 aromatic carbocycles. The summed E-state index contributed by atoms with van der Waals surface area (Å²) in [5.74, 6) is 0.606. The summed E-state index contributed by atoms with van der Waals surface area (Å²) < 4.78 is 30.3. The topological polar surface area (TPSA) is 123 Å². The molecule has 1 aliphatic carbocycles. The molecule has 0 spiro atoms. The van der Waals surface area contributed by atoms with E-state index in [4.69, 9.17) is 0 Å². The van der Waals surface area contributed by atoms with E-state index in [0.29, 0.717) is 24.7 Å². The molecule has 0 amide bonds. The van der Waals surface area contributed by atoms with E-state index in [1.807, 2.05) is 9.58 Å². The van der Waals surface area contributed by atoms with E-state index in [2.05, 4.69) is 21.7 Å². The minimum Gasteiger partial charge on any atom is -0.366 e. The maximum Gasteiger partial charge on any atom is 0.293 e. The van der Waals surface area contributed by atoms with Crippen LogP contribution in [0.2, 0.25) is 0 Å². The van der Waals surface area contributed by atoms with Gasteiger partial charge in [-0.25, -0.2) is 22.8 Å². The maximum absolute atomic E-state index is 12.9. The van der Waals surface area contributed by atoms with Crippen molar-refractivity contribution in [3.8, 4) is 0 Å². The normalized spacial score (nSPS) is 23.1. The highest BCUT2D eigenvalue weighted by Gasteiger charge is 2.29. The van der Waals surface area contributed by atoms with Crippen LogP contribution in [0.3, 0.4) is 0 Å². The quantitative estimate of drug-likeness (QED) is 0.532. The van der Waals surface area contributed by atoms with Crippen molar-refractivity contribution in [1.29, 1.82) is 0 Å². The van der Waals surface area contributed by atoms with Crippen LogP contribution in [0.5, 0.6) is 0 Å². The molecule has 4 rings (SSSR count). The van der Waals surface area contributed by atoms with Gasteiger partial charge in [-0.2, -0.15) is 5.10 Å². The third-order valence-electron chi connectivity index (χ3n) is 6.41. The molecule has 1 aliphatic heterocycles. The van der Waals surface area contributed by atoms with Crippen LogP contribution in [0.1, 0.15) is 51.5 Å². The summed E-state index contributed by atoms with van der Waals surface area (Å²) in [5, 5.41) is 15.9. The maximum atomic E-state index is 12.9. The Labute approximate surface area is 181 Å². The fourth-order valence-corrected chi connectivity index (χ4v) is 5.85. The van der Waals surface area contributed by atoms with E-state index >= 15 is 0 Å². The van der Waals surface area contributed by atoms with Gasteiger partial charge in [0.25, 0.3) is 5.69 Å². The van der Waals surface area contributed by atoms with Gasteiger partial charge in [0.15, 0.2) is 0 Å². The SMILES string of the molecule is CC1CCC(NS(=O)(=O)c2ccc(N3CCC(n4cncn4)CC3)c([N+](=O)[O-])c2)CC1. The molecule has 10 nitrogen and oxygen atoms in total. The third kappa shape index (κ3) is 4.87. The van der Waals surface area contributed by atoms with Crippen molar-refractivity contribution in [3.05, 3.63) is 41.0 Å². The van der Waals surface area contributed by atoms with Gasteiger partial charge >= 0.3 is 0 Å². The van der Waals surface area contributed by atoms with Crippen LogP contribution in [0.4, 0.5) is 11.4 Å². The van der Waals surface area contributed by atoms with Gasteiger partial charge in [0.2, 0.25) is 10.0 Å². The predicted molar refractivity (Wildman–Crippen MR) is 115 cm³/mol. The Bertz CT molecular complexity index is 1010. The molecule has 0 unspecified atom stereocenters. The molecule has 168 valence electrons. The minimum absolute atomic E-state index is 0.0564. The highest BCUT2D eigenvalue weighted by Crippen LogP contribution is 2.34. The summed E-state index contributed by atoms with van der Waals surface area (Å²) in [6, 6.07) is 4.31. The monoisotopic (exact) mass is 448 g/mol. The molecular weight excluding hydrogens is 420 g/mol. The van der Waals surface area contributed by atoms with Crippen LogP contribution < -0.4 is 9.62 Å². The number of nitrogens with one attached hydrogen (secondary N) is 1. The lowest BCUT2D eigenvalue weighted by Gasteiger charge is -2.33. The van der Waals surface area contributed by atoms with E-state index in [1.165, 1.54) is 18.5 Å². The lowest BCUT2D eigenvalue weighted by atomic mass is 9.88. The average molecular weight is 449 g/mol. The Morgan fingerprint density at radius 1 is 1.13 bits per heavy atom. The standard InChI is InChI=1S/C20H28N6O4S/c1-15-2-4-16(5-3-15)23-31(29,30)18-6-7-19(20(12-18)26(27)28)24-10-8-17(9-11-24)25-14-21-13-22-25/h6-7,12-17,23H,2-5,8-11H2,1H3. The highest BCUT2D eigenvalue weighted by molar-refractivity contribution is 7.89. The van der Waals surface area contributed by atoms with Crippen LogP contribution >= 0.6 is 0 Å². The van der Waals surface area contributed by atoms with Crippen molar-refractivity contribution < 1.29 is 13.3 Å². The van der Waals surface area contributed by atoms with Crippen LogP contribution in [0.25, 0.3) is 0 Å². The molecule has 11 heteroatoms. The summed E-state index contributed by atoms with van der Waals surface area (Å²) in [5.41, 5.74) is 0.270. The summed E-state index contributed by atoms with van der Waals surface area (Å²) in [7, 11) is -3.81. The van der Waals surface area contributed by atoms with Gasteiger partial charge in [0.1, 0.15) is 18.3 Å². The predicted octanol–water partition coefficient (Wildman–Crippen LogP) is 2.88. The Balaban J connectivity index is 1.50. The number of sulfonamides is 1. The second-order valence-electron chi connectivity index (χ2n) is 8.58. The van der Waals surface area contributed by atoms with Crippen molar-refractivity contribution in [2.45, 2.75) is 62.4 Å². The first kappa shape index (κ1) is 21.7. The van der Waals surface area contributed by atoms with Gasteiger partial charge in [0.05, 0.1) is 15.9 Å². The number of nitro groups is 1. The van der Waals surface area contributed by atoms with E-state index in [0.717, 1.165) is 38.5 Å². The van der Waals surface area contributed by atoms with Crippen LogP contribution in [0, 0.1) is 16.0 Å². The summed E-state index contributed by atoms with van der Waals surface area (Å²) in [4.78, 5) is 17.1. The number of nitrogens with zero attached hydrogens (tertiary/aromatic N) is 5. The molecular formula is C20H28N6O4S. The number of hydrogen-bond acceptors (Lipinski definition) is 7. The minimum atomic E-state index is -3.81. The van der Waals surface area contributed by atoms with Gasteiger partial charge in [0, 0.05) is 25.2 Å². The van der Waals surface area contributed by atoms with Crippen LogP contribution in [-0.2, 0) is 10.0 Å². The number of hydrogen-bond donors (Lipinski definition) is 1. The first-order valence-corrected chi connectivity index (χ1v) is 12.2. The van der Waals surface area contributed by atoms with Gasteiger partial charge in [-0.15, -0.1) is 0 Å². The lowest BCUT2D eigenvalue weighted by Crippen LogP contribution is -2.37. The fourth-order valence-electron chi connectivity index (χ4n) is 4.53. The number of anilines is 1. The zero-order valence-corrected chi connectivity index (χ0v) is 18.4. The molecule has 2 aromatic rings. The molecule has 2 heterocycles. The second kappa shape index (κ2) is 8.91. The zero-order valence-electron chi connectivity index (χ0n) is 17.6. The summed E-state index contributed by atoms with van der Waals surface area (Å²) in [6.45, 7) is 3.41.